The van der Waals surface area contributed by atoms with Crippen LogP contribution in [-0.4, -0.2) is 43.9 Å². The summed E-state index contributed by atoms with van der Waals surface area (Å²) in [5.74, 6) is -0.650. The van der Waals surface area contributed by atoms with Gasteiger partial charge in [-0.1, -0.05) is 50.6 Å². The first-order valence-corrected chi connectivity index (χ1v) is 12.7. The molecule has 0 spiro atoms. The molecule has 0 radical (unpaired) electrons. The Kier molecular flexibility index (Phi) is 9.83. The summed E-state index contributed by atoms with van der Waals surface area (Å²) in [4.78, 5) is 13.8. The van der Waals surface area contributed by atoms with Crippen molar-refractivity contribution in [2.24, 2.45) is 5.92 Å². The minimum atomic E-state index is -0.966. The number of aliphatic carboxylic acids is 1. The molecule has 9 heteroatoms. The molecule has 0 fully saturated rings. The first-order valence-electron chi connectivity index (χ1n) is 12.3. The van der Waals surface area contributed by atoms with Crippen LogP contribution in [0.5, 0.6) is 17.5 Å². The summed E-state index contributed by atoms with van der Waals surface area (Å²) < 4.78 is 21.6. The largest absolute Gasteiger partial charge is 0.494 e. The molecule has 1 aromatic heterocycles. The maximum atomic E-state index is 14.3. The molecule has 37 heavy (non-hydrogen) atoms. The van der Waals surface area contributed by atoms with Crippen LogP contribution in [0.3, 0.4) is 0 Å². The van der Waals surface area contributed by atoms with E-state index in [1.54, 1.807) is 6.07 Å². The Morgan fingerprint density at radius 3 is 2.41 bits per heavy atom. The predicted octanol–water partition coefficient (Wildman–Crippen LogP) is 6.01. The average molecular weight is 533 g/mol. The van der Waals surface area contributed by atoms with Gasteiger partial charge in [-0.3, -0.25) is 14.3 Å². The van der Waals surface area contributed by atoms with E-state index in [-0.39, 0.29) is 42.3 Å². The number of halogens is 2. The Labute approximate surface area is 221 Å². The molecule has 3 rings (SSSR count). The van der Waals surface area contributed by atoms with Gasteiger partial charge in [0.15, 0.2) is 11.8 Å². The van der Waals surface area contributed by atoms with Crippen LogP contribution >= 0.6 is 11.6 Å². The third-order valence-electron chi connectivity index (χ3n) is 6.14. The number of aromatic nitrogens is 1. The van der Waals surface area contributed by atoms with Gasteiger partial charge in [0.2, 0.25) is 0 Å². The highest BCUT2D eigenvalue weighted by molar-refractivity contribution is 6.30. The van der Waals surface area contributed by atoms with Crippen molar-refractivity contribution in [3.8, 4) is 17.5 Å². The van der Waals surface area contributed by atoms with Crippen molar-refractivity contribution in [3.63, 3.8) is 0 Å². The van der Waals surface area contributed by atoms with Crippen LogP contribution in [-0.2, 0) is 24.3 Å². The number of carbonyl (C=O) groups is 1. The molecule has 0 bridgehead atoms. The van der Waals surface area contributed by atoms with E-state index in [0.717, 1.165) is 11.1 Å². The van der Waals surface area contributed by atoms with E-state index in [1.165, 1.54) is 28.8 Å². The molecule has 0 aliphatic rings. The zero-order valence-corrected chi connectivity index (χ0v) is 22.1. The third kappa shape index (κ3) is 7.63. The number of aryl methyl sites for hydroxylation is 1. The van der Waals surface area contributed by atoms with E-state index in [2.05, 4.69) is 18.7 Å². The SMILES string of the molecule is CCc1cc(CN(CC(C)C)C(CC(=O)O)c2ccc(Cl)c(F)c2)ccc1OCCn1c(O)ccc1O. The molecule has 3 N–H and O–H groups in total. The van der Waals surface area contributed by atoms with E-state index in [1.807, 2.05) is 25.1 Å². The van der Waals surface area contributed by atoms with Crippen LogP contribution < -0.4 is 4.74 Å². The fraction of sp³-hybridized carbons (Fsp3) is 0.393. The second kappa shape index (κ2) is 12.8. The van der Waals surface area contributed by atoms with Crippen molar-refractivity contribution < 1.29 is 29.2 Å². The molecule has 7 nitrogen and oxygen atoms in total. The average Bonchev–Trinajstić information content (AvgIpc) is 3.16. The number of carboxylic acid groups (broad SMARTS) is 1. The lowest BCUT2D eigenvalue weighted by atomic mass is 9.98. The number of aromatic hydroxyl groups is 2. The second-order valence-electron chi connectivity index (χ2n) is 9.46. The maximum absolute atomic E-state index is 14.3. The van der Waals surface area contributed by atoms with Crippen LogP contribution in [0.15, 0.2) is 48.5 Å². The summed E-state index contributed by atoms with van der Waals surface area (Å²) >= 11 is 5.87. The summed E-state index contributed by atoms with van der Waals surface area (Å²) in [6.45, 7) is 7.76. The molecule has 0 aliphatic carbocycles. The zero-order chi connectivity index (χ0) is 27.1. The lowest BCUT2D eigenvalue weighted by Gasteiger charge is -2.33. The Bertz CT molecular complexity index is 1190. The van der Waals surface area contributed by atoms with Gasteiger partial charge in [-0.05, 0) is 47.2 Å². The van der Waals surface area contributed by atoms with Crippen molar-refractivity contribution in [2.75, 3.05) is 13.2 Å². The van der Waals surface area contributed by atoms with Gasteiger partial charge in [0.25, 0.3) is 0 Å². The summed E-state index contributed by atoms with van der Waals surface area (Å²) in [6.07, 6.45) is 0.545. The van der Waals surface area contributed by atoms with E-state index in [0.29, 0.717) is 30.8 Å². The monoisotopic (exact) mass is 532 g/mol. The van der Waals surface area contributed by atoms with E-state index < -0.39 is 17.8 Å². The smallest absolute Gasteiger partial charge is 0.305 e. The Morgan fingerprint density at radius 2 is 1.81 bits per heavy atom. The molecule has 3 aromatic rings. The van der Waals surface area contributed by atoms with Crippen molar-refractivity contribution in [1.82, 2.24) is 9.47 Å². The number of hydrogen-bond acceptors (Lipinski definition) is 5. The lowest BCUT2D eigenvalue weighted by Crippen LogP contribution is -2.33. The van der Waals surface area contributed by atoms with Crippen LogP contribution in [0.4, 0.5) is 4.39 Å². The highest BCUT2D eigenvalue weighted by Crippen LogP contribution is 2.31. The number of hydrogen-bond donors (Lipinski definition) is 3. The molecule has 0 aliphatic heterocycles. The highest BCUT2D eigenvalue weighted by atomic mass is 35.5. The van der Waals surface area contributed by atoms with Crippen LogP contribution in [0.25, 0.3) is 0 Å². The number of nitrogens with zero attached hydrogens (tertiary/aromatic N) is 2. The van der Waals surface area contributed by atoms with Crippen LogP contribution in [0, 0.1) is 11.7 Å². The van der Waals surface area contributed by atoms with Gasteiger partial charge in [-0.25, -0.2) is 4.39 Å². The van der Waals surface area contributed by atoms with E-state index in [4.69, 9.17) is 16.3 Å². The van der Waals surface area contributed by atoms with Gasteiger partial charge < -0.3 is 20.1 Å². The number of rotatable bonds is 13. The minimum Gasteiger partial charge on any atom is -0.494 e. The molecule has 2 aromatic carbocycles. The molecule has 0 saturated carbocycles. The summed E-state index contributed by atoms with van der Waals surface area (Å²) in [5.41, 5.74) is 2.53. The Morgan fingerprint density at radius 1 is 1.11 bits per heavy atom. The summed E-state index contributed by atoms with van der Waals surface area (Å²) in [6, 6.07) is 12.6. The predicted molar refractivity (Wildman–Crippen MR) is 141 cm³/mol. The summed E-state index contributed by atoms with van der Waals surface area (Å²) in [5, 5.41) is 29.2. The maximum Gasteiger partial charge on any atom is 0.305 e. The minimum absolute atomic E-state index is 0.00129. The van der Waals surface area contributed by atoms with Gasteiger partial charge in [0.1, 0.15) is 18.2 Å². The van der Waals surface area contributed by atoms with Crippen molar-refractivity contribution in [2.45, 2.75) is 52.7 Å². The molecule has 1 heterocycles. The zero-order valence-electron chi connectivity index (χ0n) is 21.3. The fourth-order valence-electron chi connectivity index (χ4n) is 4.42. The highest BCUT2D eigenvalue weighted by Gasteiger charge is 2.25. The van der Waals surface area contributed by atoms with Gasteiger partial charge in [0.05, 0.1) is 18.0 Å². The molecular formula is C28H34ClFN2O5. The van der Waals surface area contributed by atoms with E-state index >= 15 is 0 Å². The lowest BCUT2D eigenvalue weighted by molar-refractivity contribution is -0.138. The molecule has 1 unspecified atom stereocenters. The normalized spacial score (nSPS) is 12.3. The summed E-state index contributed by atoms with van der Waals surface area (Å²) in [7, 11) is 0. The first-order chi connectivity index (χ1) is 17.6. The van der Waals surface area contributed by atoms with Crippen LogP contribution in [0.1, 0.15) is 49.9 Å². The van der Waals surface area contributed by atoms with Gasteiger partial charge in [-0.2, -0.15) is 0 Å². The topological polar surface area (TPSA) is 95.2 Å². The fourth-order valence-corrected chi connectivity index (χ4v) is 4.54. The van der Waals surface area contributed by atoms with Gasteiger partial charge in [0, 0.05) is 31.3 Å². The molecule has 200 valence electrons. The number of carboxylic acids is 1. The molecular weight excluding hydrogens is 499 g/mol. The van der Waals surface area contributed by atoms with Gasteiger partial charge in [-0.15, -0.1) is 0 Å². The molecule has 1 atom stereocenters. The number of benzene rings is 2. The van der Waals surface area contributed by atoms with Gasteiger partial charge >= 0.3 is 5.97 Å². The van der Waals surface area contributed by atoms with Crippen molar-refractivity contribution in [3.05, 3.63) is 76.1 Å². The number of ether oxygens (including phenoxy) is 1. The Hall–Kier alpha value is -3.23. The van der Waals surface area contributed by atoms with Crippen molar-refractivity contribution >= 4 is 17.6 Å². The standard InChI is InChI=1S/C28H34ClFN2O5/c1-4-20-13-19(5-8-25(20)37-12-11-32-26(33)9-10-27(32)34)17-31(16-18(2)3)24(15-28(35)36)21-6-7-22(29)23(30)14-21/h5-10,13-14,18,24,33-34H,4,11-12,15-17H2,1-3H3,(H,35,36). The Balaban J connectivity index is 1.81. The second-order valence-corrected chi connectivity index (χ2v) is 9.86. The third-order valence-corrected chi connectivity index (χ3v) is 6.44. The molecule has 0 saturated heterocycles. The first kappa shape index (κ1) is 28.3. The van der Waals surface area contributed by atoms with Crippen molar-refractivity contribution in [1.29, 1.82) is 0 Å². The quantitative estimate of drug-likeness (QED) is 0.250. The molecule has 0 amide bonds. The van der Waals surface area contributed by atoms with E-state index in [9.17, 15) is 24.5 Å². The van der Waals surface area contributed by atoms with Crippen LogP contribution in [0.2, 0.25) is 5.02 Å².